The maximum absolute atomic E-state index is 9.10. The molecule has 0 saturated carbocycles. The van der Waals surface area contributed by atoms with Crippen molar-refractivity contribution < 1.29 is 0 Å². The molecule has 0 atom stereocenters. The molecule has 1 radical (unpaired) electrons. The summed E-state index contributed by atoms with van der Waals surface area (Å²) >= 11 is 0. The highest BCUT2D eigenvalue weighted by molar-refractivity contribution is 5.32. The third kappa shape index (κ3) is 2.51. The molecular weight excluding hydrogens is 212 g/mol. The van der Waals surface area contributed by atoms with Crippen LogP contribution in [0.15, 0.2) is 30.9 Å². The Morgan fingerprint density at radius 2 is 2.35 bits per heavy atom. The van der Waals surface area contributed by atoms with Gasteiger partial charge in [0, 0.05) is 0 Å². The molecule has 0 aliphatic carbocycles. The standard InChI is InChI=1S/C13H13N4/c1-13(2,8-14)12-5-3-4-11(6-12)7-17-10-15-9-16-17/h3-4,6,9-10H,7H2,1-2H3. The van der Waals surface area contributed by atoms with Crippen molar-refractivity contribution in [3.8, 4) is 6.07 Å². The minimum Gasteiger partial charge on any atom is -0.249 e. The van der Waals surface area contributed by atoms with Crippen molar-refractivity contribution in [1.29, 1.82) is 5.26 Å². The first kappa shape index (κ1) is 11.3. The van der Waals surface area contributed by atoms with Crippen LogP contribution in [0.2, 0.25) is 0 Å². The lowest BCUT2D eigenvalue weighted by molar-refractivity contribution is 0.667. The van der Waals surface area contributed by atoms with E-state index in [0.29, 0.717) is 6.54 Å². The molecule has 2 rings (SSSR count). The van der Waals surface area contributed by atoms with Gasteiger partial charge in [0.1, 0.15) is 12.7 Å². The number of hydrogen-bond acceptors (Lipinski definition) is 3. The van der Waals surface area contributed by atoms with Gasteiger partial charge < -0.3 is 0 Å². The highest BCUT2D eigenvalue weighted by Gasteiger charge is 2.19. The molecular formula is C13H13N4. The zero-order valence-corrected chi connectivity index (χ0v) is 9.88. The summed E-state index contributed by atoms with van der Waals surface area (Å²) in [4.78, 5) is 3.90. The molecule has 1 aromatic carbocycles. The van der Waals surface area contributed by atoms with Gasteiger partial charge in [-0.15, -0.1) is 0 Å². The number of aromatic nitrogens is 3. The first-order chi connectivity index (χ1) is 8.12. The molecule has 1 heterocycles. The number of nitrogens with zero attached hydrogens (tertiary/aromatic N) is 4. The minimum atomic E-state index is -0.515. The van der Waals surface area contributed by atoms with E-state index in [1.165, 1.54) is 6.33 Å². The molecule has 17 heavy (non-hydrogen) atoms. The van der Waals surface area contributed by atoms with Crippen molar-refractivity contribution in [2.24, 2.45) is 0 Å². The molecule has 0 aliphatic rings. The van der Waals surface area contributed by atoms with Crippen LogP contribution < -0.4 is 0 Å². The molecule has 0 unspecified atom stereocenters. The van der Waals surface area contributed by atoms with Gasteiger partial charge in [-0.1, -0.05) is 18.2 Å². The fourth-order valence-electron chi connectivity index (χ4n) is 1.53. The van der Waals surface area contributed by atoms with E-state index >= 15 is 0 Å². The number of hydrogen-bond donors (Lipinski definition) is 0. The van der Waals surface area contributed by atoms with Crippen LogP contribution in [0.5, 0.6) is 0 Å². The van der Waals surface area contributed by atoms with Crippen molar-refractivity contribution >= 4 is 0 Å². The second-order valence-electron chi connectivity index (χ2n) is 4.44. The molecule has 0 N–H and O–H groups in total. The predicted molar refractivity (Wildman–Crippen MR) is 63.0 cm³/mol. The lowest BCUT2D eigenvalue weighted by atomic mass is 9.85. The molecule has 0 spiro atoms. The molecule has 1 aromatic heterocycles. The SMILES string of the molecule is CC(C)(C#N)c1[c]ccc(Cn2cncn2)c1. The van der Waals surface area contributed by atoms with Gasteiger partial charge in [0.25, 0.3) is 0 Å². The van der Waals surface area contributed by atoms with Gasteiger partial charge in [0.05, 0.1) is 18.0 Å². The first-order valence-corrected chi connectivity index (χ1v) is 5.36. The van der Waals surface area contributed by atoms with Gasteiger partial charge in [-0.3, -0.25) is 0 Å². The zero-order valence-electron chi connectivity index (χ0n) is 9.88. The summed E-state index contributed by atoms with van der Waals surface area (Å²) in [6.45, 7) is 4.43. The van der Waals surface area contributed by atoms with Crippen molar-refractivity contribution in [2.75, 3.05) is 0 Å². The normalized spacial score (nSPS) is 11.1. The highest BCUT2D eigenvalue weighted by atomic mass is 15.3. The van der Waals surface area contributed by atoms with Crippen LogP contribution in [0.3, 0.4) is 0 Å². The predicted octanol–water partition coefficient (Wildman–Crippen LogP) is 1.93. The maximum atomic E-state index is 9.10. The fourth-order valence-corrected chi connectivity index (χ4v) is 1.53. The monoisotopic (exact) mass is 225 g/mol. The third-order valence-corrected chi connectivity index (χ3v) is 2.63. The van der Waals surface area contributed by atoms with Crippen LogP contribution in [0.25, 0.3) is 0 Å². The lowest BCUT2D eigenvalue weighted by Gasteiger charge is -2.16. The molecule has 4 nitrogen and oxygen atoms in total. The fraction of sp³-hybridized carbons (Fsp3) is 0.308. The molecule has 0 saturated heterocycles. The Bertz CT molecular complexity index is 535. The summed E-state index contributed by atoms with van der Waals surface area (Å²) in [5, 5.41) is 13.2. The lowest BCUT2D eigenvalue weighted by Crippen LogP contribution is -2.14. The number of rotatable bonds is 3. The highest BCUT2D eigenvalue weighted by Crippen LogP contribution is 2.22. The topological polar surface area (TPSA) is 54.5 Å². The van der Waals surface area contributed by atoms with E-state index in [2.05, 4.69) is 22.2 Å². The van der Waals surface area contributed by atoms with Crippen molar-refractivity contribution in [1.82, 2.24) is 14.8 Å². The van der Waals surface area contributed by atoms with Crippen LogP contribution in [0.1, 0.15) is 25.0 Å². The van der Waals surface area contributed by atoms with Crippen LogP contribution in [0.4, 0.5) is 0 Å². The van der Waals surface area contributed by atoms with E-state index in [4.69, 9.17) is 5.26 Å². The molecule has 4 heteroatoms. The molecule has 0 amide bonds. The zero-order chi connectivity index (χ0) is 12.3. The van der Waals surface area contributed by atoms with Crippen molar-refractivity contribution in [3.63, 3.8) is 0 Å². The van der Waals surface area contributed by atoms with E-state index in [9.17, 15) is 0 Å². The summed E-state index contributed by atoms with van der Waals surface area (Å²) in [5.74, 6) is 0. The van der Waals surface area contributed by atoms with Crippen molar-refractivity contribution in [3.05, 3.63) is 48.0 Å². The van der Waals surface area contributed by atoms with Crippen molar-refractivity contribution in [2.45, 2.75) is 25.8 Å². The van der Waals surface area contributed by atoms with E-state index in [0.717, 1.165) is 11.1 Å². The Kier molecular flexibility index (Phi) is 2.92. The average molecular weight is 225 g/mol. The number of benzene rings is 1. The van der Waals surface area contributed by atoms with Crippen LogP contribution >= 0.6 is 0 Å². The largest absolute Gasteiger partial charge is 0.249 e. The number of nitriles is 1. The maximum Gasteiger partial charge on any atom is 0.137 e. The summed E-state index contributed by atoms with van der Waals surface area (Å²) in [6, 6.07) is 11.2. The first-order valence-electron chi connectivity index (χ1n) is 5.36. The Hall–Kier alpha value is -2.15. The Morgan fingerprint density at radius 3 is 3.00 bits per heavy atom. The minimum absolute atomic E-state index is 0.515. The average Bonchev–Trinajstić information content (AvgIpc) is 2.82. The summed E-state index contributed by atoms with van der Waals surface area (Å²) in [6.07, 6.45) is 3.18. The second kappa shape index (κ2) is 4.38. The third-order valence-electron chi connectivity index (χ3n) is 2.63. The van der Waals surface area contributed by atoms with Crippen LogP contribution in [-0.4, -0.2) is 14.8 Å². The smallest absolute Gasteiger partial charge is 0.137 e. The summed E-state index contributed by atoms with van der Waals surface area (Å²) in [5.41, 5.74) is 1.48. The van der Waals surface area contributed by atoms with Gasteiger partial charge in [-0.25, -0.2) is 9.67 Å². The Morgan fingerprint density at radius 1 is 1.53 bits per heavy atom. The quantitative estimate of drug-likeness (QED) is 0.802. The van der Waals surface area contributed by atoms with Gasteiger partial charge in [-0.05, 0) is 31.0 Å². The van der Waals surface area contributed by atoms with Crippen LogP contribution in [0, 0.1) is 17.4 Å². The molecule has 0 aliphatic heterocycles. The van der Waals surface area contributed by atoms with Gasteiger partial charge in [0.15, 0.2) is 0 Å². The molecule has 2 aromatic rings. The molecule has 0 bridgehead atoms. The van der Waals surface area contributed by atoms with Gasteiger partial charge in [-0.2, -0.15) is 10.4 Å². The summed E-state index contributed by atoms with van der Waals surface area (Å²) in [7, 11) is 0. The van der Waals surface area contributed by atoms with E-state index < -0.39 is 5.41 Å². The Labute approximate surface area is 101 Å². The van der Waals surface area contributed by atoms with E-state index in [-0.39, 0.29) is 0 Å². The van der Waals surface area contributed by atoms with E-state index in [1.807, 2.05) is 32.0 Å². The van der Waals surface area contributed by atoms with Crippen LogP contribution in [-0.2, 0) is 12.0 Å². The summed E-state index contributed by atoms with van der Waals surface area (Å²) < 4.78 is 1.75. The molecule has 85 valence electrons. The van der Waals surface area contributed by atoms with Gasteiger partial charge >= 0.3 is 0 Å². The Balaban J connectivity index is 2.27. The molecule has 0 fully saturated rings. The van der Waals surface area contributed by atoms with E-state index in [1.54, 1.807) is 11.0 Å². The second-order valence-corrected chi connectivity index (χ2v) is 4.44. The van der Waals surface area contributed by atoms with Gasteiger partial charge in [0.2, 0.25) is 0 Å².